The Balaban J connectivity index is 2.16. The Hall–Kier alpha value is -1.48. The first-order valence-corrected chi connectivity index (χ1v) is 8.08. The minimum absolute atomic E-state index is 0.709. The number of hydrogen-bond donors (Lipinski definition) is 1. The summed E-state index contributed by atoms with van der Waals surface area (Å²) < 4.78 is 1.76. The highest BCUT2D eigenvalue weighted by molar-refractivity contribution is 6.30. The van der Waals surface area contributed by atoms with Crippen LogP contribution >= 0.6 is 11.6 Å². The summed E-state index contributed by atoms with van der Waals surface area (Å²) in [6.07, 6.45) is 7.25. The zero-order valence-electron chi connectivity index (χ0n) is 12.9. The van der Waals surface area contributed by atoms with Gasteiger partial charge in [0, 0.05) is 17.6 Å². The number of aromatic nitrogens is 2. The van der Waals surface area contributed by atoms with Gasteiger partial charge in [0.15, 0.2) is 0 Å². The molecule has 114 valence electrons. The largest absolute Gasteiger partial charge is 0.383 e. The van der Waals surface area contributed by atoms with Crippen molar-refractivity contribution in [1.82, 2.24) is 9.78 Å². The van der Waals surface area contributed by atoms with E-state index in [9.17, 15) is 0 Å². The third kappa shape index (κ3) is 4.01. The highest BCUT2D eigenvalue weighted by Gasteiger charge is 2.15. The number of nitrogens with zero attached hydrogens (tertiary/aromatic N) is 2. The van der Waals surface area contributed by atoms with Crippen LogP contribution in [-0.4, -0.2) is 9.78 Å². The van der Waals surface area contributed by atoms with Gasteiger partial charge < -0.3 is 5.73 Å². The smallest absolute Gasteiger partial charge is 0.129 e. The van der Waals surface area contributed by atoms with Gasteiger partial charge in [-0.1, -0.05) is 56.3 Å². The van der Waals surface area contributed by atoms with E-state index in [1.165, 1.54) is 25.7 Å². The molecule has 0 radical (unpaired) electrons. The lowest BCUT2D eigenvalue weighted by Gasteiger charge is -2.05. The molecule has 2 rings (SSSR count). The fourth-order valence-electron chi connectivity index (χ4n) is 2.62. The summed E-state index contributed by atoms with van der Waals surface area (Å²) in [5, 5.41) is 5.31. The number of rotatable bonds is 7. The fraction of sp³-hybridized carbons (Fsp3) is 0.471. The van der Waals surface area contributed by atoms with E-state index in [0.29, 0.717) is 5.82 Å². The molecule has 3 nitrogen and oxygen atoms in total. The quantitative estimate of drug-likeness (QED) is 0.744. The van der Waals surface area contributed by atoms with Gasteiger partial charge in [0.2, 0.25) is 0 Å². The molecule has 0 unspecified atom stereocenters. The lowest BCUT2D eigenvalue weighted by Crippen LogP contribution is -1.98. The molecular formula is C17H24ClN3. The van der Waals surface area contributed by atoms with Gasteiger partial charge in [-0.25, -0.2) is 0 Å². The van der Waals surface area contributed by atoms with Crippen LogP contribution in [0, 0.1) is 0 Å². The van der Waals surface area contributed by atoms with E-state index < -0.39 is 0 Å². The Morgan fingerprint density at radius 2 is 1.95 bits per heavy atom. The van der Waals surface area contributed by atoms with Crippen LogP contribution in [-0.2, 0) is 13.5 Å². The van der Waals surface area contributed by atoms with Gasteiger partial charge >= 0.3 is 0 Å². The van der Waals surface area contributed by atoms with Crippen LogP contribution in [0.5, 0.6) is 0 Å². The monoisotopic (exact) mass is 305 g/mol. The van der Waals surface area contributed by atoms with Gasteiger partial charge in [-0.15, -0.1) is 0 Å². The summed E-state index contributed by atoms with van der Waals surface area (Å²) in [7, 11) is 1.89. The van der Waals surface area contributed by atoms with E-state index in [0.717, 1.165) is 34.7 Å². The summed E-state index contributed by atoms with van der Waals surface area (Å²) in [6, 6.07) is 7.83. The number of nitrogens with two attached hydrogens (primary N) is 1. The lowest BCUT2D eigenvalue weighted by molar-refractivity contribution is 0.623. The van der Waals surface area contributed by atoms with E-state index in [1.54, 1.807) is 4.68 Å². The zero-order valence-corrected chi connectivity index (χ0v) is 13.7. The number of unbranched alkanes of at least 4 members (excludes halogenated alkanes) is 4. The normalized spacial score (nSPS) is 11.0. The van der Waals surface area contributed by atoms with Crippen molar-refractivity contribution in [3.05, 3.63) is 35.0 Å². The molecule has 0 atom stereocenters. The molecule has 0 bridgehead atoms. The van der Waals surface area contributed by atoms with Crippen molar-refractivity contribution < 1.29 is 0 Å². The van der Waals surface area contributed by atoms with Crippen LogP contribution in [0.25, 0.3) is 11.1 Å². The van der Waals surface area contributed by atoms with Crippen LogP contribution in [0.15, 0.2) is 24.3 Å². The van der Waals surface area contributed by atoms with E-state index in [1.807, 2.05) is 31.3 Å². The lowest BCUT2D eigenvalue weighted by atomic mass is 10.0. The molecule has 2 N–H and O–H groups in total. The highest BCUT2D eigenvalue weighted by Crippen LogP contribution is 2.31. The number of halogens is 1. The third-order valence-electron chi connectivity index (χ3n) is 3.79. The van der Waals surface area contributed by atoms with Crippen molar-refractivity contribution in [3.8, 4) is 11.1 Å². The van der Waals surface area contributed by atoms with Gasteiger partial charge in [-0.3, -0.25) is 4.68 Å². The molecule has 0 aliphatic carbocycles. The molecule has 1 aromatic carbocycles. The molecule has 0 saturated heterocycles. The third-order valence-corrected chi connectivity index (χ3v) is 4.03. The Bertz CT molecular complexity index is 590. The van der Waals surface area contributed by atoms with E-state index in [-0.39, 0.29) is 0 Å². The topological polar surface area (TPSA) is 43.8 Å². The summed E-state index contributed by atoms with van der Waals surface area (Å²) in [5.41, 5.74) is 9.36. The summed E-state index contributed by atoms with van der Waals surface area (Å²) >= 11 is 6.10. The highest BCUT2D eigenvalue weighted by atomic mass is 35.5. The van der Waals surface area contributed by atoms with Crippen LogP contribution in [0.3, 0.4) is 0 Å². The Morgan fingerprint density at radius 1 is 1.19 bits per heavy atom. The second-order valence-electron chi connectivity index (χ2n) is 5.51. The van der Waals surface area contributed by atoms with Gasteiger partial charge in [0.25, 0.3) is 0 Å². The number of anilines is 1. The van der Waals surface area contributed by atoms with Gasteiger partial charge in [0.05, 0.1) is 5.69 Å². The second-order valence-corrected chi connectivity index (χ2v) is 5.94. The van der Waals surface area contributed by atoms with E-state index in [4.69, 9.17) is 17.3 Å². The van der Waals surface area contributed by atoms with Crippen LogP contribution in [0.2, 0.25) is 5.02 Å². The van der Waals surface area contributed by atoms with Gasteiger partial charge in [-0.2, -0.15) is 5.10 Å². The molecular weight excluding hydrogens is 282 g/mol. The molecule has 0 aliphatic rings. The Morgan fingerprint density at radius 3 is 2.67 bits per heavy atom. The predicted molar refractivity (Wildman–Crippen MR) is 90.5 cm³/mol. The Kier molecular flexibility index (Phi) is 5.68. The van der Waals surface area contributed by atoms with Crippen molar-refractivity contribution in [2.45, 2.75) is 45.4 Å². The average Bonchev–Trinajstić information content (AvgIpc) is 2.74. The van der Waals surface area contributed by atoms with Crippen molar-refractivity contribution >= 4 is 17.4 Å². The maximum atomic E-state index is 6.19. The first-order valence-electron chi connectivity index (χ1n) is 7.70. The van der Waals surface area contributed by atoms with E-state index in [2.05, 4.69) is 12.0 Å². The van der Waals surface area contributed by atoms with Crippen LogP contribution in [0.4, 0.5) is 5.82 Å². The van der Waals surface area contributed by atoms with Gasteiger partial charge in [0.1, 0.15) is 5.82 Å². The van der Waals surface area contributed by atoms with Crippen molar-refractivity contribution in [2.75, 3.05) is 5.73 Å². The van der Waals surface area contributed by atoms with Crippen LogP contribution < -0.4 is 5.73 Å². The minimum atomic E-state index is 0.709. The van der Waals surface area contributed by atoms with Gasteiger partial charge in [-0.05, 0) is 30.5 Å². The maximum Gasteiger partial charge on any atom is 0.129 e. The Labute approximate surface area is 132 Å². The summed E-state index contributed by atoms with van der Waals surface area (Å²) in [5.74, 6) is 0.709. The maximum absolute atomic E-state index is 6.19. The minimum Gasteiger partial charge on any atom is -0.383 e. The number of aryl methyl sites for hydroxylation is 2. The molecule has 0 saturated carbocycles. The number of nitrogen functional groups attached to an aromatic ring is 1. The van der Waals surface area contributed by atoms with Crippen molar-refractivity contribution in [2.24, 2.45) is 7.05 Å². The summed E-state index contributed by atoms with van der Waals surface area (Å²) in [4.78, 5) is 0. The first kappa shape index (κ1) is 15.9. The first-order chi connectivity index (χ1) is 10.1. The standard InChI is InChI=1S/C17H24ClN3/c1-3-4-5-6-7-11-15-16(17(19)21(2)20-15)13-9-8-10-14(18)12-13/h8-10,12H,3-7,11,19H2,1-2H3. The number of benzene rings is 1. The fourth-order valence-corrected chi connectivity index (χ4v) is 2.81. The predicted octanol–water partition coefficient (Wildman–Crippen LogP) is 4.84. The van der Waals surface area contributed by atoms with E-state index >= 15 is 0 Å². The molecule has 0 spiro atoms. The average molecular weight is 306 g/mol. The SMILES string of the molecule is CCCCCCCc1nn(C)c(N)c1-c1cccc(Cl)c1. The molecule has 2 aromatic rings. The van der Waals surface area contributed by atoms with Crippen LogP contribution in [0.1, 0.15) is 44.7 Å². The number of hydrogen-bond acceptors (Lipinski definition) is 2. The molecule has 0 amide bonds. The summed E-state index contributed by atoms with van der Waals surface area (Å²) in [6.45, 7) is 2.23. The molecule has 0 aliphatic heterocycles. The second kappa shape index (κ2) is 7.51. The molecule has 1 aromatic heterocycles. The molecule has 4 heteroatoms. The van der Waals surface area contributed by atoms with Crippen molar-refractivity contribution in [3.63, 3.8) is 0 Å². The molecule has 0 fully saturated rings. The van der Waals surface area contributed by atoms with Crippen molar-refractivity contribution in [1.29, 1.82) is 0 Å². The zero-order chi connectivity index (χ0) is 15.2. The molecule has 1 heterocycles. The molecule has 21 heavy (non-hydrogen) atoms.